The van der Waals surface area contributed by atoms with Crippen molar-refractivity contribution in [1.29, 1.82) is 0 Å². The number of thiazole rings is 1. The van der Waals surface area contributed by atoms with Gasteiger partial charge in [-0.3, -0.25) is 10.1 Å². The first-order valence-electron chi connectivity index (χ1n) is 7.52. The molecule has 26 heavy (non-hydrogen) atoms. The number of benzene rings is 1. The van der Waals surface area contributed by atoms with Crippen LogP contribution in [0.2, 0.25) is 0 Å². The number of esters is 1. The van der Waals surface area contributed by atoms with Crippen LogP contribution in [0.3, 0.4) is 0 Å². The van der Waals surface area contributed by atoms with Gasteiger partial charge < -0.3 is 9.47 Å². The Morgan fingerprint density at radius 3 is 2.69 bits per heavy atom. The lowest BCUT2D eigenvalue weighted by atomic mass is 10.1. The van der Waals surface area contributed by atoms with Crippen LogP contribution in [0.4, 0.5) is 9.52 Å². The lowest BCUT2D eigenvalue weighted by Gasteiger charge is -2.04. The monoisotopic (exact) mass is 394 g/mol. The summed E-state index contributed by atoms with van der Waals surface area (Å²) in [5, 5.41) is 3.33. The van der Waals surface area contributed by atoms with Crippen LogP contribution in [-0.4, -0.2) is 31.1 Å². The Kier molecular flexibility index (Phi) is 5.30. The van der Waals surface area contributed by atoms with Crippen molar-refractivity contribution in [2.45, 2.75) is 13.5 Å². The SMILES string of the molecule is COCc1c(C(=O)Nc2nc(C)c(C(=O)OC)s2)sc2cccc(F)c12. The molecule has 0 atom stereocenters. The summed E-state index contributed by atoms with van der Waals surface area (Å²) in [7, 11) is 2.77. The highest BCUT2D eigenvalue weighted by molar-refractivity contribution is 7.21. The van der Waals surface area contributed by atoms with Gasteiger partial charge in [0.05, 0.1) is 24.3 Å². The second-order valence-electron chi connectivity index (χ2n) is 5.33. The molecule has 0 aliphatic carbocycles. The topological polar surface area (TPSA) is 77.5 Å². The Morgan fingerprint density at radius 1 is 1.23 bits per heavy atom. The third-order valence-corrected chi connectivity index (χ3v) is 5.89. The molecule has 9 heteroatoms. The number of methoxy groups -OCH3 is 2. The molecular formula is C17H15FN2O4S2. The van der Waals surface area contributed by atoms with E-state index in [0.29, 0.717) is 31.1 Å². The van der Waals surface area contributed by atoms with E-state index < -0.39 is 17.7 Å². The zero-order chi connectivity index (χ0) is 18.8. The highest BCUT2D eigenvalue weighted by atomic mass is 32.1. The van der Waals surface area contributed by atoms with E-state index in [4.69, 9.17) is 4.74 Å². The normalized spacial score (nSPS) is 10.9. The maximum absolute atomic E-state index is 14.2. The minimum absolute atomic E-state index is 0.105. The van der Waals surface area contributed by atoms with Crippen molar-refractivity contribution in [2.75, 3.05) is 19.5 Å². The molecule has 1 aromatic carbocycles. The number of halogens is 1. The fraction of sp³-hybridized carbons (Fsp3) is 0.235. The summed E-state index contributed by atoms with van der Waals surface area (Å²) in [6.45, 7) is 1.76. The van der Waals surface area contributed by atoms with Gasteiger partial charge in [0, 0.05) is 22.8 Å². The Morgan fingerprint density at radius 2 is 2.00 bits per heavy atom. The Hall–Kier alpha value is -2.36. The fourth-order valence-corrected chi connectivity index (χ4v) is 4.52. The Bertz CT molecular complexity index is 996. The van der Waals surface area contributed by atoms with Gasteiger partial charge in [-0.15, -0.1) is 11.3 Å². The van der Waals surface area contributed by atoms with Crippen LogP contribution in [0.15, 0.2) is 18.2 Å². The van der Waals surface area contributed by atoms with E-state index in [1.807, 2.05) is 0 Å². The van der Waals surface area contributed by atoms with E-state index in [0.717, 1.165) is 11.3 Å². The smallest absolute Gasteiger partial charge is 0.350 e. The summed E-state index contributed by atoms with van der Waals surface area (Å²) in [5.74, 6) is -1.34. The molecule has 0 aliphatic rings. The second kappa shape index (κ2) is 7.48. The van der Waals surface area contributed by atoms with E-state index >= 15 is 0 Å². The number of carbonyl (C=O) groups excluding carboxylic acids is 2. The second-order valence-corrected chi connectivity index (χ2v) is 7.39. The standard InChI is InChI=1S/C17H15FN2O4S2/c1-8-13(16(22)24-3)26-17(19-8)20-15(21)14-9(7-23-2)12-10(18)5-4-6-11(12)25-14/h4-6H,7H2,1-3H3,(H,19,20,21). The van der Waals surface area contributed by atoms with Gasteiger partial charge in [-0.1, -0.05) is 17.4 Å². The van der Waals surface area contributed by atoms with Gasteiger partial charge in [-0.05, 0) is 19.1 Å². The van der Waals surface area contributed by atoms with Crippen LogP contribution in [-0.2, 0) is 16.1 Å². The number of aryl methyl sites for hydroxylation is 1. The third-order valence-electron chi connectivity index (χ3n) is 3.65. The number of nitrogens with zero attached hydrogens (tertiary/aromatic N) is 1. The lowest BCUT2D eigenvalue weighted by Crippen LogP contribution is -2.12. The van der Waals surface area contributed by atoms with Crippen molar-refractivity contribution in [3.8, 4) is 0 Å². The van der Waals surface area contributed by atoms with Gasteiger partial charge in [0.1, 0.15) is 10.7 Å². The van der Waals surface area contributed by atoms with Crippen LogP contribution in [0, 0.1) is 12.7 Å². The predicted octanol–water partition coefficient (Wildman–Crippen LogP) is 3.99. The van der Waals surface area contributed by atoms with Crippen LogP contribution in [0.5, 0.6) is 0 Å². The minimum Gasteiger partial charge on any atom is -0.465 e. The largest absolute Gasteiger partial charge is 0.465 e. The molecule has 0 saturated heterocycles. The molecule has 0 aliphatic heterocycles. The van der Waals surface area contributed by atoms with Gasteiger partial charge in [0.2, 0.25) is 0 Å². The predicted molar refractivity (Wildman–Crippen MR) is 98.6 cm³/mol. The molecule has 0 spiro atoms. The van der Waals surface area contributed by atoms with Crippen LogP contribution >= 0.6 is 22.7 Å². The number of amides is 1. The number of hydrogen-bond acceptors (Lipinski definition) is 7. The molecule has 6 nitrogen and oxygen atoms in total. The van der Waals surface area contributed by atoms with Crippen molar-refractivity contribution in [3.63, 3.8) is 0 Å². The first kappa shape index (κ1) is 18.4. The van der Waals surface area contributed by atoms with Crippen LogP contribution in [0.25, 0.3) is 10.1 Å². The molecular weight excluding hydrogens is 379 g/mol. The van der Waals surface area contributed by atoms with E-state index in [-0.39, 0.29) is 11.7 Å². The number of fused-ring (bicyclic) bond motifs is 1. The van der Waals surface area contributed by atoms with Crippen molar-refractivity contribution >= 4 is 49.8 Å². The summed E-state index contributed by atoms with van der Waals surface area (Å²) < 4.78 is 24.7. The average Bonchev–Trinajstić information content (AvgIpc) is 3.16. The molecule has 3 aromatic rings. The van der Waals surface area contributed by atoms with E-state index in [2.05, 4.69) is 15.0 Å². The first-order chi connectivity index (χ1) is 12.5. The van der Waals surface area contributed by atoms with Gasteiger partial charge >= 0.3 is 5.97 Å². The van der Waals surface area contributed by atoms with Crippen molar-refractivity contribution in [3.05, 3.63) is 45.0 Å². The van der Waals surface area contributed by atoms with Crippen LogP contribution in [0.1, 0.15) is 30.6 Å². The maximum Gasteiger partial charge on any atom is 0.350 e. The number of aromatic nitrogens is 1. The number of ether oxygens (including phenoxy) is 2. The molecule has 136 valence electrons. The summed E-state index contributed by atoms with van der Waals surface area (Å²) in [6.07, 6.45) is 0. The summed E-state index contributed by atoms with van der Waals surface area (Å²) in [6, 6.07) is 4.70. The van der Waals surface area contributed by atoms with Crippen molar-refractivity contribution in [1.82, 2.24) is 4.98 Å². The molecule has 3 rings (SSSR count). The lowest BCUT2D eigenvalue weighted by molar-refractivity contribution is 0.0605. The minimum atomic E-state index is -0.510. The first-order valence-corrected chi connectivity index (χ1v) is 9.15. The molecule has 0 saturated carbocycles. The molecule has 1 amide bonds. The highest BCUT2D eigenvalue weighted by Crippen LogP contribution is 2.34. The molecule has 2 heterocycles. The molecule has 0 radical (unpaired) electrons. The van der Waals surface area contributed by atoms with Crippen LogP contribution < -0.4 is 5.32 Å². The maximum atomic E-state index is 14.2. The Labute approximate surface area is 156 Å². The zero-order valence-electron chi connectivity index (χ0n) is 14.2. The van der Waals surface area contributed by atoms with Gasteiger partial charge in [-0.25, -0.2) is 14.2 Å². The quantitative estimate of drug-likeness (QED) is 0.662. The van der Waals surface area contributed by atoms with Gasteiger partial charge in [-0.2, -0.15) is 0 Å². The summed E-state index contributed by atoms with van der Waals surface area (Å²) in [5.41, 5.74) is 0.959. The number of rotatable bonds is 5. The molecule has 2 aromatic heterocycles. The van der Waals surface area contributed by atoms with Gasteiger partial charge in [0.15, 0.2) is 5.13 Å². The average molecular weight is 394 g/mol. The number of carbonyl (C=O) groups is 2. The van der Waals surface area contributed by atoms with E-state index in [1.165, 1.54) is 31.6 Å². The van der Waals surface area contributed by atoms with E-state index in [1.54, 1.807) is 19.1 Å². The Balaban J connectivity index is 1.97. The highest BCUT2D eigenvalue weighted by Gasteiger charge is 2.23. The molecule has 0 unspecified atom stereocenters. The fourth-order valence-electron chi connectivity index (χ4n) is 2.52. The molecule has 0 fully saturated rings. The number of thiophene rings is 1. The summed E-state index contributed by atoms with van der Waals surface area (Å²) >= 11 is 2.21. The van der Waals surface area contributed by atoms with Crippen molar-refractivity contribution < 1.29 is 23.5 Å². The number of hydrogen-bond donors (Lipinski definition) is 1. The molecule has 0 bridgehead atoms. The third kappa shape index (κ3) is 3.33. The number of nitrogens with one attached hydrogen (secondary N) is 1. The van der Waals surface area contributed by atoms with Gasteiger partial charge in [0.25, 0.3) is 5.91 Å². The molecule has 1 N–H and O–H groups in total. The summed E-state index contributed by atoms with van der Waals surface area (Å²) in [4.78, 5) is 29.2. The number of anilines is 1. The van der Waals surface area contributed by atoms with Crippen molar-refractivity contribution in [2.24, 2.45) is 0 Å². The zero-order valence-corrected chi connectivity index (χ0v) is 15.8. The van der Waals surface area contributed by atoms with E-state index in [9.17, 15) is 14.0 Å².